The SMILES string of the molecule is OB(O)C1=CC(c2cnn(C3CC3)c2)OCC1. The fourth-order valence-corrected chi connectivity index (χ4v) is 2.08. The van der Waals surface area contributed by atoms with Crippen molar-refractivity contribution in [1.82, 2.24) is 9.78 Å². The maximum atomic E-state index is 9.16. The summed E-state index contributed by atoms with van der Waals surface area (Å²) in [6, 6.07) is 0.555. The summed E-state index contributed by atoms with van der Waals surface area (Å²) >= 11 is 0. The lowest BCUT2D eigenvalue weighted by Gasteiger charge is -2.20. The summed E-state index contributed by atoms with van der Waals surface area (Å²) in [5.74, 6) is 0. The minimum atomic E-state index is -1.38. The Labute approximate surface area is 99.9 Å². The highest BCUT2D eigenvalue weighted by Gasteiger charge is 2.27. The molecule has 2 aliphatic rings. The number of hydrogen-bond donors (Lipinski definition) is 2. The number of aromatic nitrogens is 2. The summed E-state index contributed by atoms with van der Waals surface area (Å²) in [6.07, 6.45) is 8.34. The Hall–Kier alpha value is -1.11. The molecule has 1 saturated carbocycles. The van der Waals surface area contributed by atoms with E-state index in [2.05, 4.69) is 5.10 Å². The standard InChI is InChI=1S/C11H15BN2O3/c15-12(16)9-3-4-17-11(5-9)8-6-13-14(7-8)10-1-2-10/h5-7,10-11,15-16H,1-4H2. The smallest absolute Gasteiger partial charge is 0.423 e. The lowest BCUT2D eigenvalue weighted by molar-refractivity contribution is 0.0774. The first-order valence-electron chi connectivity index (χ1n) is 5.96. The van der Waals surface area contributed by atoms with Crippen molar-refractivity contribution in [2.75, 3.05) is 6.61 Å². The van der Waals surface area contributed by atoms with Gasteiger partial charge in [-0.05, 0) is 24.7 Å². The van der Waals surface area contributed by atoms with E-state index in [1.54, 1.807) is 12.3 Å². The topological polar surface area (TPSA) is 67.5 Å². The third kappa shape index (κ3) is 2.29. The third-order valence-electron chi connectivity index (χ3n) is 3.26. The summed E-state index contributed by atoms with van der Waals surface area (Å²) in [6.45, 7) is 0.517. The molecule has 3 rings (SSSR count). The van der Waals surface area contributed by atoms with E-state index in [0.717, 1.165) is 5.56 Å². The van der Waals surface area contributed by atoms with Gasteiger partial charge in [-0.25, -0.2) is 0 Å². The van der Waals surface area contributed by atoms with Gasteiger partial charge < -0.3 is 14.8 Å². The molecule has 2 N–H and O–H groups in total. The van der Waals surface area contributed by atoms with Gasteiger partial charge in [0.1, 0.15) is 6.10 Å². The summed E-state index contributed by atoms with van der Waals surface area (Å²) in [5, 5.41) is 22.6. The van der Waals surface area contributed by atoms with Crippen molar-refractivity contribution in [2.24, 2.45) is 0 Å². The molecule has 1 unspecified atom stereocenters. The molecule has 0 radical (unpaired) electrons. The predicted octanol–water partition coefficient (Wildman–Crippen LogP) is 0.618. The Morgan fingerprint density at radius 1 is 1.41 bits per heavy atom. The van der Waals surface area contributed by atoms with Crippen LogP contribution in [0, 0.1) is 0 Å². The maximum absolute atomic E-state index is 9.16. The largest absolute Gasteiger partial charge is 0.484 e. The van der Waals surface area contributed by atoms with E-state index in [4.69, 9.17) is 14.8 Å². The number of nitrogens with zero attached hydrogens (tertiary/aromatic N) is 2. The zero-order valence-corrected chi connectivity index (χ0v) is 9.49. The molecule has 0 bridgehead atoms. The van der Waals surface area contributed by atoms with Crippen molar-refractivity contribution in [3.05, 3.63) is 29.5 Å². The molecular weight excluding hydrogens is 219 g/mol. The number of hydrogen-bond acceptors (Lipinski definition) is 4. The first kappa shape index (κ1) is 11.0. The van der Waals surface area contributed by atoms with Gasteiger partial charge in [-0.2, -0.15) is 5.10 Å². The van der Waals surface area contributed by atoms with E-state index in [1.165, 1.54) is 12.8 Å². The second-order valence-electron chi connectivity index (χ2n) is 4.64. The highest BCUT2D eigenvalue weighted by molar-refractivity contribution is 6.50. The fourth-order valence-electron chi connectivity index (χ4n) is 2.08. The predicted molar refractivity (Wildman–Crippen MR) is 62.1 cm³/mol. The normalized spacial score (nSPS) is 24.6. The highest BCUT2D eigenvalue weighted by atomic mass is 16.5. The van der Waals surface area contributed by atoms with Gasteiger partial charge in [0.2, 0.25) is 0 Å². The van der Waals surface area contributed by atoms with Crippen LogP contribution in [0.15, 0.2) is 23.9 Å². The fraction of sp³-hybridized carbons (Fsp3) is 0.545. The highest BCUT2D eigenvalue weighted by Crippen LogP contribution is 2.35. The van der Waals surface area contributed by atoms with E-state index in [-0.39, 0.29) is 6.10 Å². The summed E-state index contributed by atoms with van der Waals surface area (Å²) in [5.41, 5.74) is 1.61. The molecule has 0 saturated heterocycles. The molecule has 1 aliphatic heterocycles. The first-order chi connectivity index (χ1) is 8.24. The Morgan fingerprint density at radius 3 is 2.94 bits per heavy atom. The van der Waals surface area contributed by atoms with Crippen LogP contribution in [0.3, 0.4) is 0 Å². The summed E-state index contributed by atoms with van der Waals surface area (Å²) in [4.78, 5) is 0. The Balaban J connectivity index is 1.79. The van der Waals surface area contributed by atoms with E-state index in [0.29, 0.717) is 24.5 Å². The molecule has 0 spiro atoms. The van der Waals surface area contributed by atoms with Gasteiger partial charge in [0, 0.05) is 11.8 Å². The van der Waals surface area contributed by atoms with Gasteiger partial charge in [0.25, 0.3) is 0 Å². The molecule has 1 aliphatic carbocycles. The van der Waals surface area contributed by atoms with Crippen molar-refractivity contribution in [3.8, 4) is 0 Å². The minimum absolute atomic E-state index is 0.201. The number of rotatable bonds is 3. The van der Waals surface area contributed by atoms with Crippen LogP contribution in [0.5, 0.6) is 0 Å². The lowest BCUT2D eigenvalue weighted by atomic mass is 9.75. The third-order valence-corrected chi connectivity index (χ3v) is 3.26. The Morgan fingerprint density at radius 2 is 2.24 bits per heavy atom. The summed E-state index contributed by atoms with van der Waals surface area (Å²) < 4.78 is 7.57. The molecule has 0 amide bonds. The molecular formula is C11H15BN2O3. The molecule has 1 atom stereocenters. The zero-order valence-electron chi connectivity index (χ0n) is 9.49. The molecule has 17 heavy (non-hydrogen) atoms. The molecule has 6 heteroatoms. The average Bonchev–Trinajstić information content (AvgIpc) is 3.07. The van der Waals surface area contributed by atoms with Gasteiger partial charge in [0.05, 0.1) is 18.8 Å². The van der Waals surface area contributed by atoms with Crippen molar-refractivity contribution in [2.45, 2.75) is 31.4 Å². The average molecular weight is 234 g/mol. The van der Waals surface area contributed by atoms with E-state index in [1.807, 2.05) is 10.9 Å². The van der Waals surface area contributed by atoms with Crippen LogP contribution >= 0.6 is 0 Å². The van der Waals surface area contributed by atoms with Crippen LogP contribution in [0.4, 0.5) is 0 Å². The minimum Gasteiger partial charge on any atom is -0.423 e. The molecule has 1 aromatic heterocycles. The Kier molecular flexibility index (Phi) is 2.78. The number of ether oxygens (including phenoxy) is 1. The van der Waals surface area contributed by atoms with Gasteiger partial charge in [0.15, 0.2) is 0 Å². The molecule has 2 heterocycles. The van der Waals surface area contributed by atoms with Crippen LogP contribution in [0.2, 0.25) is 0 Å². The molecule has 90 valence electrons. The zero-order chi connectivity index (χ0) is 11.8. The molecule has 1 aromatic rings. The summed E-state index contributed by atoms with van der Waals surface area (Å²) in [7, 11) is -1.38. The van der Waals surface area contributed by atoms with Crippen molar-refractivity contribution in [3.63, 3.8) is 0 Å². The monoisotopic (exact) mass is 234 g/mol. The van der Waals surface area contributed by atoms with Gasteiger partial charge >= 0.3 is 7.12 Å². The maximum Gasteiger partial charge on any atom is 0.484 e. The van der Waals surface area contributed by atoms with Gasteiger partial charge in [-0.15, -0.1) is 0 Å². The van der Waals surface area contributed by atoms with E-state index in [9.17, 15) is 0 Å². The van der Waals surface area contributed by atoms with Crippen LogP contribution in [0.25, 0.3) is 0 Å². The van der Waals surface area contributed by atoms with Crippen LogP contribution in [-0.2, 0) is 4.74 Å². The second kappa shape index (κ2) is 4.29. The molecule has 5 nitrogen and oxygen atoms in total. The van der Waals surface area contributed by atoms with Crippen molar-refractivity contribution < 1.29 is 14.8 Å². The van der Waals surface area contributed by atoms with Crippen LogP contribution in [0.1, 0.15) is 37.0 Å². The van der Waals surface area contributed by atoms with Crippen molar-refractivity contribution in [1.29, 1.82) is 0 Å². The van der Waals surface area contributed by atoms with E-state index < -0.39 is 7.12 Å². The first-order valence-corrected chi connectivity index (χ1v) is 5.96. The second-order valence-corrected chi connectivity index (χ2v) is 4.64. The van der Waals surface area contributed by atoms with Crippen LogP contribution in [-0.4, -0.2) is 33.6 Å². The van der Waals surface area contributed by atoms with Gasteiger partial charge in [-0.3, -0.25) is 4.68 Å². The molecule has 0 aromatic carbocycles. The quantitative estimate of drug-likeness (QED) is 0.752. The lowest BCUT2D eigenvalue weighted by Crippen LogP contribution is -2.22. The van der Waals surface area contributed by atoms with Gasteiger partial charge in [-0.1, -0.05) is 6.08 Å². The Bertz CT molecular complexity index is 440. The van der Waals surface area contributed by atoms with E-state index >= 15 is 0 Å². The van der Waals surface area contributed by atoms with Crippen molar-refractivity contribution >= 4 is 7.12 Å². The molecule has 1 fully saturated rings. The van der Waals surface area contributed by atoms with Crippen LogP contribution < -0.4 is 0 Å².